The maximum atomic E-state index is 12.8. The number of benzene rings is 2. The van der Waals surface area contributed by atoms with Crippen molar-refractivity contribution in [3.8, 4) is 5.75 Å². The Balaban J connectivity index is 1.86. The lowest BCUT2D eigenvalue weighted by molar-refractivity contribution is -0.137. The molecule has 5 N–H and O–H groups in total. The van der Waals surface area contributed by atoms with Gasteiger partial charge in [0.05, 0.1) is 22.9 Å². The Kier molecular flexibility index (Phi) is 7.39. The number of anilines is 4. The molecule has 0 radical (unpaired) electrons. The second-order valence-corrected chi connectivity index (χ2v) is 8.80. The summed E-state index contributed by atoms with van der Waals surface area (Å²) < 4.78 is 33.7. The van der Waals surface area contributed by atoms with E-state index in [0.717, 1.165) is 0 Å². The lowest BCUT2D eigenvalue weighted by atomic mass is 10.2. The van der Waals surface area contributed by atoms with Crippen molar-refractivity contribution in [3.05, 3.63) is 65.8 Å². The molecule has 9 nitrogen and oxygen atoms in total. The van der Waals surface area contributed by atoms with Gasteiger partial charge >= 0.3 is 5.97 Å². The number of carboxylic acid groups (broad SMARTS) is 1. The van der Waals surface area contributed by atoms with E-state index in [1.54, 1.807) is 30.5 Å². The number of carbonyl (C=O) groups is 1. The Morgan fingerprint density at radius 1 is 1.16 bits per heavy atom. The molecular formula is C21H21ClN4O5S. The minimum Gasteiger partial charge on any atom is -0.491 e. The zero-order chi connectivity index (χ0) is 23.1. The second kappa shape index (κ2) is 10.2. The first kappa shape index (κ1) is 23.2. The maximum absolute atomic E-state index is 12.8. The summed E-state index contributed by atoms with van der Waals surface area (Å²) in [4.78, 5) is 14.9. The fourth-order valence-corrected chi connectivity index (χ4v) is 3.88. The number of ether oxygens (including phenoxy) is 1. The molecule has 0 spiro atoms. The van der Waals surface area contributed by atoms with E-state index in [9.17, 15) is 13.2 Å². The number of hydrogen-bond acceptors (Lipinski definition) is 7. The van der Waals surface area contributed by atoms with Crippen LogP contribution in [0.25, 0.3) is 0 Å². The highest BCUT2D eigenvalue weighted by Gasteiger charge is 2.17. The van der Waals surface area contributed by atoms with E-state index in [1.807, 2.05) is 0 Å². The zero-order valence-corrected chi connectivity index (χ0v) is 18.4. The number of nitrogens with one attached hydrogen (secondary N) is 2. The number of sulfonamides is 1. The molecule has 0 unspecified atom stereocenters. The summed E-state index contributed by atoms with van der Waals surface area (Å²) in [6.07, 6.45) is 1.76. The highest BCUT2D eigenvalue weighted by Crippen LogP contribution is 2.32. The van der Waals surface area contributed by atoms with Crippen LogP contribution in [-0.2, 0) is 14.8 Å². The van der Waals surface area contributed by atoms with Gasteiger partial charge < -0.3 is 20.9 Å². The van der Waals surface area contributed by atoms with E-state index >= 15 is 0 Å². The van der Waals surface area contributed by atoms with Crippen LogP contribution < -0.4 is 20.5 Å². The van der Waals surface area contributed by atoms with Crippen LogP contribution in [0.3, 0.4) is 0 Å². The number of nitrogens with zero attached hydrogens (tertiary/aromatic N) is 1. The second-order valence-electron chi connectivity index (χ2n) is 6.68. The third-order valence-corrected chi connectivity index (χ3v) is 5.88. The molecule has 0 aliphatic carbocycles. The van der Waals surface area contributed by atoms with Crippen LogP contribution in [0.4, 0.5) is 22.9 Å². The largest absolute Gasteiger partial charge is 0.491 e. The highest BCUT2D eigenvalue weighted by atomic mass is 35.5. The van der Waals surface area contributed by atoms with Crippen molar-refractivity contribution in [2.45, 2.75) is 17.7 Å². The van der Waals surface area contributed by atoms with Gasteiger partial charge in [-0.15, -0.1) is 0 Å². The summed E-state index contributed by atoms with van der Waals surface area (Å²) in [5, 5.41) is 12.3. The minimum atomic E-state index is -3.91. The molecule has 11 heteroatoms. The lowest BCUT2D eigenvalue weighted by Crippen LogP contribution is -2.14. The van der Waals surface area contributed by atoms with Crippen LogP contribution in [0.15, 0.2) is 65.7 Å². The summed E-state index contributed by atoms with van der Waals surface area (Å²) in [7, 11) is -3.91. The Hall–Kier alpha value is -3.50. The van der Waals surface area contributed by atoms with Crippen LogP contribution in [-0.4, -0.2) is 31.1 Å². The summed E-state index contributed by atoms with van der Waals surface area (Å²) in [5.74, 6) is -0.301. The summed E-state index contributed by atoms with van der Waals surface area (Å²) in [6.45, 7) is 0.0805. The molecule has 0 saturated carbocycles. The molecule has 3 aromatic rings. The molecule has 32 heavy (non-hydrogen) atoms. The van der Waals surface area contributed by atoms with Gasteiger partial charge in [-0.1, -0.05) is 11.6 Å². The van der Waals surface area contributed by atoms with E-state index in [1.165, 1.54) is 30.3 Å². The third-order valence-electron chi connectivity index (χ3n) is 4.24. The number of pyridine rings is 1. The fraction of sp³-hybridized carbons (Fsp3) is 0.143. The van der Waals surface area contributed by atoms with Gasteiger partial charge in [0.25, 0.3) is 10.0 Å². The molecule has 0 aliphatic heterocycles. The predicted molar refractivity (Wildman–Crippen MR) is 123 cm³/mol. The Bertz CT molecular complexity index is 1200. The quantitative estimate of drug-likeness (QED) is 0.320. The van der Waals surface area contributed by atoms with E-state index in [2.05, 4.69) is 15.0 Å². The molecule has 1 aromatic heterocycles. The van der Waals surface area contributed by atoms with Crippen molar-refractivity contribution in [3.63, 3.8) is 0 Å². The number of carboxylic acids is 1. The van der Waals surface area contributed by atoms with Gasteiger partial charge in [-0.05, 0) is 55.0 Å². The Labute approximate surface area is 190 Å². The highest BCUT2D eigenvalue weighted by molar-refractivity contribution is 7.92. The van der Waals surface area contributed by atoms with E-state index in [-0.39, 0.29) is 35.8 Å². The lowest BCUT2D eigenvalue weighted by Gasteiger charge is -2.16. The normalized spacial score (nSPS) is 11.0. The molecule has 2 aromatic carbocycles. The van der Waals surface area contributed by atoms with Crippen molar-refractivity contribution in [2.24, 2.45) is 0 Å². The first-order valence-corrected chi connectivity index (χ1v) is 11.4. The SMILES string of the molecule is Nc1cccnc1Nc1ccc(NS(=O)(=O)c2ccc(Cl)cc2)c(OCCCC(=O)O)c1. The Morgan fingerprint density at radius 2 is 1.91 bits per heavy atom. The van der Waals surface area contributed by atoms with Crippen LogP contribution in [0, 0.1) is 0 Å². The number of nitrogen functional groups attached to an aromatic ring is 1. The van der Waals surface area contributed by atoms with E-state index in [4.69, 9.17) is 27.2 Å². The van der Waals surface area contributed by atoms with Gasteiger partial charge in [-0.25, -0.2) is 13.4 Å². The van der Waals surface area contributed by atoms with Crippen LogP contribution >= 0.6 is 11.6 Å². The summed E-state index contributed by atoms with van der Waals surface area (Å²) >= 11 is 5.84. The molecular weight excluding hydrogens is 456 g/mol. The van der Waals surface area contributed by atoms with Gasteiger partial charge in [0, 0.05) is 29.4 Å². The first-order chi connectivity index (χ1) is 15.2. The molecule has 1 heterocycles. The molecule has 168 valence electrons. The van der Waals surface area contributed by atoms with Gasteiger partial charge in [0.15, 0.2) is 5.82 Å². The topological polar surface area (TPSA) is 144 Å². The monoisotopic (exact) mass is 476 g/mol. The number of aliphatic carboxylic acids is 1. The molecule has 0 fully saturated rings. The summed E-state index contributed by atoms with van der Waals surface area (Å²) in [6, 6.07) is 13.9. The number of nitrogens with two attached hydrogens (primary N) is 1. The molecule has 3 rings (SSSR count). The van der Waals surface area contributed by atoms with E-state index < -0.39 is 16.0 Å². The molecule has 0 bridgehead atoms. The number of halogens is 1. The first-order valence-electron chi connectivity index (χ1n) is 9.49. The average molecular weight is 477 g/mol. The number of aromatic nitrogens is 1. The molecule has 0 aliphatic rings. The maximum Gasteiger partial charge on any atom is 0.303 e. The number of rotatable bonds is 10. The molecule has 0 saturated heterocycles. The zero-order valence-electron chi connectivity index (χ0n) is 16.8. The third kappa shape index (κ3) is 6.25. The van der Waals surface area contributed by atoms with Crippen molar-refractivity contribution in [1.29, 1.82) is 0 Å². The predicted octanol–water partition coefficient (Wildman–Crippen LogP) is 4.11. The fourth-order valence-electron chi connectivity index (χ4n) is 2.69. The average Bonchev–Trinajstić information content (AvgIpc) is 2.74. The Morgan fingerprint density at radius 3 is 2.59 bits per heavy atom. The minimum absolute atomic E-state index is 0.0298. The van der Waals surface area contributed by atoms with Crippen molar-refractivity contribution in [2.75, 3.05) is 22.4 Å². The van der Waals surface area contributed by atoms with E-state index in [0.29, 0.717) is 22.2 Å². The van der Waals surface area contributed by atoms with Gasteiger partial charge in [-0.3, -0.25) is 9.52 Å². The number of hydrogen-bond donors (Lipinski definition) is 4. The molecule has 0 amide bonds. The molecule has 0 atom stereocenters. The van der Waals surface area contributed by atoms with Crippen LogP contribution in [0.1, 0.15) is 12.8 Å². The van der Waals surface area contributed by atoms with Gasteiger partial charge in [0.1, 0.15) is 5.75 Å². The standard InChI is InChI=1S/C21H21ClN4O5S/c22-14-5-8-16(9-6-14)32(29,30)26-18-10-7-15(25-21-17(23)3-1-11-24-21)13-19(18)31-12-2-4-20(27)28/h1,3,5-11,13,26H,2,4,12,23H2,(H,24,25)(H,27,28). The summed E-state index contributed by atoms with van der Waals surface area (Å²) in [5.41, 5.74) is 7.09. The van der Waals surface area contributed by atoms with Crippen molar-refractivity contribution < 1.29 is 23.1 Å². The van der Waals surface area contributed by atoms with Crippen LogP contribution in [0.2, 0.25) is 5.02 Å². The van der Waals surface area contributed by atoms with Crippen molar-refractivity contribution in [1.82, 2.24) is 4.98 Å². The van der Waals surface area contributed by atoms with Crippen molar-refractivity contribution >= 4 is 50.5 Å². The van der Waals surface area contributed by atoms with Gasteiger partial charge in [-0.2, -0.15) is 0 Å². The van der Waals surface area contributed by atoms with Crippen LogP contribution in [0.5, 0.6) is 5.75 Å². The smallest absolute Gasteiger partial charge is 0.303 e. The van der Waals surface area contributed by atoms with Gasteiger partial charge in [0.2, 0.25) is 0 Å².